The number of halogens is 3. The second-order valence-corrected chi connectivity index (χ2v) is 5.31. The van der Waals surface area contributed by atoms with Gasteiger partial charge >= 0.3 is 6.18 Å². The Labute approximate surface area is 115 Å². The Bertz CT molecular complexity index is 481. The minimum absolute atomic E-state index is 0.227. The molecule has 0 aromatic carbocycles. The number of amides is 1. The summed E-state index contributed by atoms with van der Waals surface area (Å²) in [6.07, 6.45) is -2.66. The van der Waals surface area contributed by atoms with Crippen molar-refractivity contribution in [3.8, 4) is 0 Å². The Balaban J connectivity index is 2.89. The van der Waals surface area contributed by atoms with E-state index in [-0.39, 0.29) is 6.42 Å². The maximum absolute atomic E-state index is 12.8. The van der Waals surface area contributed by atoms with E-state index in [1.54, 1.807) is 20.8 Å². The van der Waals surface area contributed by atoms with E-state index in [2.05, 4.69) is 10.3 Å². The number of hydrogen-bond acceptors (Lipinski definition) is 3. The van der Waals surface area contributed by atoms with Crippen LogP contribution in [0.5, 0.6) is 0 Å². The first kappa shape index (κ1) is 16.4. The van der Waals surface area contributed by atoms with Crippen molar-refractivity contribution in [3.63, 3.8) is 0 Å². The largest absolute Gasteiger partial charge is 0.418 e. The van der Waals surface area contributed by atoms with Crippen LogP contribution in [-0.4, -0.2) is 27.6 Å². The van der Waals surface area contributed by atoms with Crippen molar-refractivity contribution >= 4 is 5.91 Å². The highest BCUT2D eigenvalue weighted by Crippen LogP contribution is 2.31. The molecule has 1 atom stereocenters. The Morgan fingerprint density at radius 2 is 2.05 bits per heavy atom. The highest BCUT2D eigenvalue weighted by molar-refractivity contribution is 5.95. The van der Waals surface area contributed by atoms with Crippen molar-refractivity contribution in [2.45, 2.75) is 45.0 Å². The number of alkyl halides is 3. The van der Waals surface area contributed by atoms with Gasteiger partial charge in [-0.05, 0) is 33.3 Å². The van der Waals surface area contributed by atoms with Crippen LogP contribution in [0.1, 0.15) is 43.1 Å². The summed E-state index contributed by atoms with van der Waals surface area (Å²) in [7, 11) is 0. The van der Waals surface area contributed by atoms with Crippen LogP contribution in [0.4, 0.5) is 13.2 Å². The van der Waals surface area contributed by atoms with E-state index in [9.17, 15) is 23.1 Å². The number of carbonyl (C=O) groups is 1. The minimum Gasteiger partial charge on any atom is -0.390 e. The van der Waals surface area contributed by atoms with E-state index in [1.807, 2.05) is 0 Å². The molecule has 0 aliphatic heterocycles. The van der Waals surface area contributed by atoms with E-state index >= 15 is 0 Å². The van der Waals surface area contributed by atoms with Gasteiger partial charge in [0.2, 0.25) is 0 Å². The SMILES string of the molecule is CC(CC(C)(C)O)NC(=O)c1ccncc1C(F)(F)F. The zero-order chi connectivity index (χ0) is 15.6. The molecule has 1 unspecified atom stereocenters. The molecule has 0 aliphatic carbocycles. The van der Waals surface area contributed by atoms with Crippen LogP contribution in [-0.2, 0) is 6.18 Å². The van der Waals surface area contributed by atoms with Crippen molar-refractivity contribution in [2.24, 2.45) is 0 Å². The normalized spacial score (nSPS) is 13.9. The summed E-state index contributed by atoms with van der Waals surface area (Å²) in [5, 5.41) is 12.1. The first-order chi connectivity index (χ1) is 9.00. The molecule has 1 aromatic heterocycles. The first-order valence-electron chi connectivity index (χ1n) is 6.05. The zero-order valence-corrected chi connectivity index (χ0v) is 11.5. The van der Waals surface area contributed by atoms with Crippen LogP contribution in [0.15, 0.2) is 18.5 Å². The van der Waals surface area contributed by atoms with Gasteiger partial charge in [0.1, 0.15) is 0 Å². The molecular formula is C13H17F3N2O2. The summed E-state index contributed by atoms with van der Waals surface area (Å²) >= 11 is 0. The highest BCUT2D eigenvalue weighted by Gasteiger charge is 2.35. The number of carbonyl (C=O) groups excluding carboxylic acids is 1. The number of aromatic nitrogens is 1. The predicted molar refractivity (Wildman–Crippen MR) is 67.1 cm³/mol. The van der Waals surface area contributed by atoms with Gasteiger partial charge in [0.25, 0.3) is 5.91 Å². The number of nitrogens with zero attached hydrogens (tertiary/aromatic N) is 1. The van der Waals surface area contributed by atoms with Crippen LogP contribution in [0.2, 0.25) is 0 Å². The van der Waals surface area contributed by atoms with E-state index in [0.29, 0.717) is 6.20 Å². The molecule has 1 rings (SSSR count). The fraction of sp³-hybridized carbons (Fsp3) is 0.538. The third kappa shape index (κ3) is 4.80. The number of rotatable bonds is 4. The number of aliphatic hydroxyl groups is 1. The average molecular weight is 290 g/mol. The lowest BCUT2D eigenvalue weighted by Gasteiger charge is -2.23. The molecule has 0 aliphatic rings. The predicted octanol–water partition coefficient (Wildman–Crippen LogP) is 2.38. The summed E-state index contributed by atoms with van der Waals surface area (Å²) in [6, 6.07) is 0.561. The Morgan fingerprint density at radius 3 is 2.55 bits per heavy atom. The molecule has 1 aromatic rings. The van der Waals surface area contributed by atoms with Gasteiger partial charge in [-0.1, -0.05) is 0 Å². The molecule has 0 spiro atoms. The van der Waals surface area contributed by atoms with Gasteiger partial charge in [0.05, 0.1) is 16.7 Å². The lowest BCUT2D eigenvalue weighted by molar-refractivity contribution is -0.138. The average Bonchev–Trinajstić information content (AvgIpc) is 2.25. The van der Waals surface area contributed by atoms with Gasteiger partial charge in [-0.3, -0.25) is 9.78 Å². The molecule has 4 nitrogen and oxygen atoms in total. The Kier molecular flexibility index (Phi) is 4.75. The molecule has 0 fully saturated rings. The van der Waals surface area contributed by atoms with Gasteiger partial charge in [0.15, 0.2) is 0 Å². The summed E-state index contributed by atoms with van der Waals surface area (Å²) in [5.74, 6) is -0.837. The topological polar surface area (TPSA) is 62.2 Å². The Hall–Kier alpha value is -1.63. The quantitative estimate of drug-likeness (QED) is 0.895. The van der Waals surface area contributed by atoms with Crippen molar-refractivity contribution in [1.29, 1.82) is 0 Å². The van der Waals surface area contributed by atoms with Crippen molar-refractivity contribution < 1.29 is 23.1 Å². The maximum atomic E-state index is 12.8. The van der Waals surface area contributed by atoms with Gasteiger partial charge in [-0.25, -0.2) is 0 Å². The number of pyridine rings is 1. The summed E-state index contributed by atoms with van der Waals surface area (Å²) < 4.78 is 38.3. The molecule has 2 N–H and O–H groups in total. The number of hydrogen-bond donors (Lipinski definition) is 2. The zero-order valence-electron chi connectivity index (χ0n) is 11.5. The molecule has 0 saturated heterocycles. The minimum atomic E-state index is -4.64. The monoisotopic (exact) mass is 290 g/mol. The maximum Gasteiger partial charge on any atom is 0.418 e. The molecule has 1 heterocycles. The van der Waals surface area contributed by atoms with Crippen LogP contribution < -0.4 is 5.32 Å². The molecule has 0 radical (unpaired) electrons. The summed E-state index contributed by atoms with van der Waals surface area (Å²) in [4.78, 5) is 15.3. The van der Waals surface area contributed by atoms with Gasteiger partial charge < -0.3 is 10.4 Å². The van der Waals surface area contributed by atoms with E-state index in [4.69, 9.17) is 0 Å². The van der Waals surface area contributed by atoms with E-state index < -0.39 is 34.9 Å². The fourth-order valence-corrected chi connectivity index (χ4v) is 1.92. The summed E-state index contributed by atoms with van der Waals surface area (Å²) in [5.41, 5.74) is -2.57. The molecule has 0 saturated carbocycles. The van der Waals surface area contributed by atoms with Gasteiger partial charge in [-0.2, -0.15) is 13.2 Å². The molecule has 1 amide bonds. The number of nitrogens with one attached hydrogen (secondary N) is 1. The molecule has 7 heteroatoms. The van der Waals surface area contributed by atoms with E-state index in [1.165, 1.54) is 0 Å². The lowest BCUT2D eigenvalue weighted by Crippen LogP contribution is -2.38. The molecule has 112 valence electrons. The first-order valence-corrected chi connectivity index (χ1v) is 6.05. The van der Waals surface area contributed by atoms with Crippen LogP contribution >= 0.6 is 0 Å². The van der Waals surface area contributed by atoms with Gasteiger partial charge in [-0.15, -0.1) is 0 Å². The van der Waals surface area contributed by atoms with Crippen LogP contribution in [0.25, 0.3) is 0 Å². The smallest absolute Gasteiger partial charge is 0.390 e. The van der Waals surface area contributed by atoms with Crippen molar-refractivity contribution in [2.75, 3.05) is 0 Å². The van der Waals surface area contributed by atoms with Crippen molar-refractivity contribution in [3.05, 3.63) is 29.6 Å². The second kappa shape index (κ2) is 5.78. The molecule has 20 heavy (non-hydrogen) atoms. The Morgan fingerprint density at radius 1 is 1.45 bits per heavy atom. The third-order valence-electron chi connectivity index (χ3n) is 2.55. The third-order valence-corrected chi connectivity index (χ3v) is 2.55. The highest BCUT2D eigenvalue weighted by atomic mass is 19.4. The van der Waals surface area contributed by atoms with Crippen LogP contribution in [0.3, 0.4) is 0 Å². The fourth-order valence-electron chi connectivity index (χ4n) is 1.92. The molecular weight excluding hydrogens is 273 g/mol. The summed E-state index contributed by atoms with van der Waals surface area (Å²) in [6.45, 7) is 4.73. The molecule has 0 bridgehead atoms. The van der Waals surface area contributed by atoms with E-state index in [0.717, 1.165) is 12.3 Å². The van der Waals surface area contributed by atoms with Crippen molar-refractivity contribution in [1.82, 2.24) is 10.3 Å². The second-order valence-electron chi connectivity index (χ2n) is 5.31. The standard InChI is InChI=1S/C13H17F3N2O2/c1-8(6-12(2,3)20)18-11(19)9-4-5-17-7-10(9)13(14,15)16/h4-5,7-8,20H,6H2,1-3H3,(H,18,19). The van der Waals surface area contributed by atoms with Crippen LogP contribution in [0, 0.1) is 0 Å². The lowest BCUT2D eigenvalue weighted by atomic mass is 10.00. The van der Waals surface area contributed by atoms with Gasteiger partial charge in [0, 0.05) is 18.4 Å².